The number of nitrogens with one attached hydrogen (secondary N) is 2. The summed E-state index contributed by atoms with van der Waals surface area (Å²) in [4.78, 5) is 11.6. The summed E-state index contributed by atoms with van der Waals surface area (Å²) in [5, 5.41) is 5.60. The van der Waals surface area contributed by atoms with E-state index in [-0.39, 0.29) is 6.03 Å². The highest BCUT2D eigenvalue weighted by Crippen LogP contribution is 2.34. The average Bonchev–Trinajstić information content (AvgIpc) is 2.24. The largest absolute Gasteiger partial charge is 0.338 e. The van der Waals surface area contributed by atoms with Gasteiger partial charge < -0.3 is 10.6 Å². The first-order valence-corrected chi connectivity index (χ1v) is 7.62. The Hall–Kier alpha value is -0.0700. The van der Waals surface area contributed by atoms with E-state index in [0.717, 1.165) is 31.9 Å². The second-order valence-corrected chi connectivity index (χ2v) is 6.10. The van der Waals surface area contributed by atoms with Gasteiger partial charge in [0.25, 0.3) is 0 Å². The Bertz CT molecular complexity index is 387. The molecule has 2 amide bonds. The lowest BCUT2D eigenvalue weighted by atomic mass is 10.3. The summed E-state index contributed by atoms with van der Waals surface area (Å²) in [5.41, 5.74) is 0.724. The van der Waals surface area contributed by atoms with E-state index in [9.17, 15) is 4.79 Å². The van der Waals surface area contributed by atoms with Crippen molar-refractivity contribution >= 4 is 59.5 Å². The first-order valence-electron chi connectivity index (χ1n) is 5.24. The summed E-state index contributed by atoms with van der Waals surface area (Å²) in [6.07, 6.45) is 2.04. The van der Waals surface area contributed by atoms with Crippen molar-refractivity contribution in [1.82, 2.24) is 5.32 Å². The quantitative estimate of drug-likeness (QED) is 0.658. The Balaban J connectivity index is 2.65. The number of benzene rings is 1. The molecule has 0 saturated carbocycles. The molecule has 0 bridgehead atoms. The summed E-state index contributed by atoms with van der Waals surface area (Å²) in [7, 11) is 0. The van der Waals surface area contributed by atoms with Crippen LogP contribution in [0.3, 0.4) is 0 Å². The molecule has 0 aliphatic rings. The van der Waals surface area contributed by atoms with Crippen molar-refractivity contribution in [3.05, 3.63) is 25.6 Å². The summed E-state index contributed by atoms with van der Waals surface area (Å²) < 4.78 is 2.59. The van der Waals surface area contributed by atoms with Gasteiger partial charge in [0, 0.05) is 20.0 Å². The maximum Gasteiger partial charge on any atom is 0.319 e. The van der Waals surface area contributed by atoms with Crippen molar-refractivity contribution in [3.63, 3.8) is 0 Å². The first kappa shape index (κ1) is 15.0. The molecule has 0 atom stereocenters. The van der Waals surface area contributed by atoms with Crippen molar-refractivity contribution in [2.24, 2.45) is 0 Å². The molecule has 6 heteroatoms. The van der Waals surface area contributed by atoms with E-state index in [1.807, 2.05) is 12.1 Å². The number of urea groups is 1. The van der Waals surface area contributed by atoms with Crippen LogP contribution < -0.4 is 10.6 Å². The van der Waals surface area contributed by atoms with Gasteiger partial charge >= 0.3 is 6.03 Å². The molecule has 0 aliphatic heterocycles. The minimum atomic E-state index is -0.192. The topological polar surface area (TPSA) is 41.1 Å². The van der Waals surface area contributed by atoms with Gasteiger partial charge in [0.2, 0.25) is 0 Å². The molecule has 0 saturated heterocycles. The Morgan fingerprint density at radius 3 is 2.35 bits per heavy atom. The van der Waals surface area contributed by atoms with Crippen LogP contribution in [-0.2, 0) is 0 Å². The van der Waals surface area contributed by atoms with E-state index in [2.05, 4.69) is 65.3 Å². The fourth-order valence-electron chi connectivity index (χ4n) is 1.20. The van der Waals surface area contributed by atoms with E-state index < -0.39 is 0 Å². The first-order chi connectivity index (χ1) is 8.04. The van der Waals surface area contributed by atoms with E-state index in [1.165, 1.54) is 0 Å². The van der Waals surface area contributed by atoms with Crippen molar-refractivity contribution in [1.29, 1.82) is 0 Å². The number of hydrogen-bond acceptors (Lipinski definition) is 1. The van der Waals surface area contributed by atoms with E-state index >= 15 is 0 Å². The van der Waals surface area contributed by atoms with Crippen molar-refractivity contribution < 1.29 is 4.79 Å². The third kappa shape index (κ3) is 4.97. The Labute approximate surface area is 126 Å². The molecule has 0 radical (unpaired) electrons. The number of unbranched alkanes of at least 4 members (excludes halogenated alkanes) is 1. The molecule has 0 spiro atoms. The third-order valence-electron chi connectivity index (χ3n) is 2.06. The number of hydrogen-bond donors (Lipinski definition) is 2. The molecule has 3 nitrogen and oxygen atoms in total. The maximum absolute atomic E-state index is 11.6. The van der Waals surface area contributed by atoms with Crippen LogP contribution in [0.1, 0.15) is 19.8 Å². The van der Waals surface area contributed by atoms with Crippen LogP contribution in [0.25, 0.3) is 0 Å². The van der Waals surface area contributed by atoms with Crippen LogP contribution in [-0.4, -0.2) is 12.6 Å². The zero-order chi connectivity index (χ0) is 12.8. The lowest BCUT2D eigenvalue weighted by molar-refractivity contribution is 0.252. The van der Waals surface area contributed by atoms with Crippen LogP contribution in [0.4, 0.5) is 10.5 Å². The number of anilines is 1. The smallest absolute Gasteiger partial charge is 0.319 e. The summed E-state index contributed by atoms with van der Waals surface area (Å²) in [6.45, 7) is 2.77. The second-order valence-electron chi connectivity index (χ2n) is 3.48. The van der Waals surface area contributed by atoms with E-state index in [4.69, 9.17) is 0 Å². The van der Waals surface area contributed by atoms with Gasteiger partial charge in [-0.15, -0.1) is 0 Å². The third-order valence-corrected chi connectivity index (χ3v) is 3.77. The Morgan fingerprint density at radius 2 is 1.82 bits per heavy atom. The Morgan fingerprint density at radius 1 is 1.24 bits per heavy atom. The number of amides is 2. The van der Waals surface area contributed by atoms with E-state index in [0.29, 0.717) is 6.54 Å². The summed E-state index contributed by atoms with van der Waals surface area (Å²) >= 11 is 10.2. The van der Waals surface area contributed by atoms with Gasteiger partial charge in [-0.3, -0.25) is 0 Å². The summed E-state index contributed by atoms with van der Waals surface area (Å²) in [6, 6.07) is 3.57. The van der Waals surface area contributed by atoms with Crippen LogP contribution >= 0.6 is 47.8 Å². The van der Waals surface area contributed by atoms with Gasteiger partial charge in [0.15, 0.2) is 0 Å². The molecule has 1 aromatic carbocycles. The van der Waals surface area contributed by atoms with E-state index in [1.54, 1.807) is 0 Å². The minimum Gasteiger partial charge on any atom is -0.338 e. The fraction of sp³-hybridized carbons (Fsp3) is 0.364. The monoisotopic (exact) mass is 426 g/mol. The molecule has 94 valence electrons. The predicted molar refractivity (Wildman–Crippen MR) is 81.5 cm³/mol. The molecule has 0 fully saturated rings. The second kappa shape index (κ2) is 7.38. The maximum atomic E-state index is 11.6. The number of carbonyl (C=O) groups excluding carboxylic acids is 1. The van der Waals surface area contributed by atoms with Gasteiger partial charge in [0.05, 0.1) is 5.69 Å². The number of rotatable bonds is 4. The summed E-state index contributed by atoms with van der Waals surface area (Å²) in [5.74, 6) is 0. The predicted octanol–water partition coefficient (Wildman–Crippen LogP) is 4.90. The van der Waals surface area contributed by atoms with Gasteiger partial charge in [-0.05, 0) is 50.4 Å². The molecular weight excluding hydrogens is 416 g/mol. The molecule has 0 aromatic heterocycles. The van der Waals surface area contributed by atoms with Gasteiger partial charge in [-0.25, -0.2) is 4.79 Å². The van der Waals surface area contributed by atoms with Crippen LogP contribution in [0.2, 0.25) is 0 Å². The fourth-order valence-corrected chi connectivity index (χ4v) is 3.65. The standard InChI is InChI=1S/C11H13Br3N2O/c1-2-3-4-15-11(17)16-10-8(13)5-7(12)6-9(10)14/h5-6H,2-4H2,1H3,(H2,15,16,17). The minimum absolute atomic E-state index is 0.192. The number of halogens is 3. The molecule has 0 unspecified atom stereocenters. The van der Waals surface area contributed by atoms with Crippen molar-refractivity contribution in [2.45, 2.75) is 19.8 Å². The molecular formula is C11H13Br3N2O. The van der Waals surface area contributed by atoms with Crippen LogP contribution in [0.15, 0.2) is 25.6 Å². The average molecular weight is 429 g/mol. The highest BCUT2D eigenvalue weighted by atomic mass is 79.9. The highest BCUT2D eigenvalue weighted by molar-refractivity contribution is 9.11. The zero-order valence-electron chi connectivity index (χ0n) is 9.32. The van der Waals surface area contributed by atoms with Crippen molar-refractivity contribution in [3.8, 4) is 0 Å². The number of carbonyl (C=O) groups is 1. The molecule has 17 heavy (non-hydrogen) atoms. The van der Waals surface area contributed by atoms with Crippen LogP contribution in [0.5, 0.6) is 0 Å². The molecule has 0 heterocycles. The lowest BCUT2D eigenvalue weighted by Crippen LogP contribution is -2.29. The molecule has 2 N–H and O–H groups in total. The zero-order valence-corrected chi connectivity index (χ0v) is 14.1. The van der Waals surface area contributed by atoms with Crippen molar-refractivity contribution in [2.75, 3.05) is 11.9 Å². The van der Waals surface area contributed by atoms with Gasteiger partial charge in [-0.1, -0.05) is 29.3 Å². The van der Waals surface area contributed by atoms with Crippen LogP contribution in [0, 0.1) is 0 Å². The van der Waals surface area contributed by atoms with Gasteiger partial charge in [0.1, 0.15) is 0 Å². The highest BCUT2D eigenvalue weighted by Gasteiger charge is 2.09. The SMILES string of the molecule is CCCCNC(=O)Nc1c(Br)cc(Br)cc1Br. The molecule has 0 aliphatic carbocycles. The molecule has 1 aromatic rings. The van der Waals surface area contributed by atoms with Gasteiger partial charge in [-0.2, -0.15) is 0 Å². The normalized spacial score (nSPS) is 10.1. The molecule has 1 rings (SSSR count). The Kier molecular flexibility index (Phi) is 6.51. The lowest BCUT2D eigenvalue weighted by Gasteiger charge is -2.11.